The van der Waals surface area contributed by atoms with Gasteiger partial charge in [-0.15, -0.1) is 0 Å². The minimum absolute atomic E-state index is 0.294. The average molecular weight is 221 g/mol. The van der Waals surface area contributed by atoms with Gasteiger partial charge in [-0.05, 0) is 23.6 Å². The molecule has 2 N–H and O–H groups in total. The van der Waals surface area contributed by atoms with Gasteiger partial charge >= 0.3 is 0 Å². The molecular weight excluding hydrogens is 202 g/mol. The third kappa shape index (κ3) is 2.82. The van der Waals surface area contributed by atoms with Crippen molar-refractivity contribution in [2.45, 2.75) is 25.6 Å². The van der Waals surface area contributed by atoms with E-state index in [0.717, 1.165) is 13.2 Å². The fourth-order valence-corrected chi connectivity index (χ4v) is 1.60. The van der Waals surface area contributed by atoms with Gasteiger partial charge in [-0.2, -0.15) is 0 Å². The van der Waals surface area contributed by atoms with Crippen LogP contribution in [-0.2, 0) is 16.1 Å². The van der Waals surface area contributed by atoms with Crippen LogP contribution in [0.15, 0.2) is 24.3 Å². The largest absolute Gasteiger partial charge is 0.376 e. The van der Waals surface area contributed by atoms with E-state index in [-0.39, 0.29) is 0 Å². The van der Waals surface area contributed by atoms with Gasteiger partial charge in [-0.1, -0.05) is 31.2 Å². The Hall–Kier alpha value is -0.900. The summed E-state index contributed by atoms with van der Waals surface area (Å²) in [6.45, 7) is 4.97. The second-order valence-corrected chi connectivity index (χ2v) is 4.35. The molecule has 0 spiro atoms. The minimum atomic E-state index is 0.294. The number of hydrogen-bond donors (Lipinski definition) is 1. The summed E-state index contributed by atoms with van der Waals surface area (Å²) < 4.78 is 10.7. The predicted molar refractivity (Wildman–Crippen MR) is 63.3 cm³/mol. The van der Waals surface area contributed by atoms with Crippen molar-refractivity contribution in [2.24, 2.45) is 5.73 Å². The van der Waals surface area contributed by atoms with Crippen molar-refractivity contribution in [3.05, 3.63) is 35.4 Å². The number of ether oxygens (including phenoxy) is 2. The number of benzene rings is 1. The maximum atomic E-state index is 5.64. The summed E-state index contributed by atoms with van der Waals surface area (Å²) in [6, 6.07) is 8.49. The van der Waals surface area contributed by atoms with Crippen LogP contribution < -0.4 is 5.73 Å². The molecule has 3 nitrogen and oxygen atoms in total. The Morgan fingerprint density at radius 3 is 2.56 bits per heavy atom. The predicted octanol–water partition coefficient (Wildman–Crippen LogP) is 1.66. The molecule has 1 unspecified atom stereocenters. The van der Waals surface area contributed by atoms with E-state index >= 15 is 0 Å². The van der Waals surface area contributed by atoms with Crippen LogP contribution in [0.3, 0.4) is 0 Å². The van der Waals surface area contributed by atoms with Crippen LogP contribution in [0.5, 0.6) is 0 Å². The van der Waals surface area contributed by atoms with Crippen LogP contribution >= 0.6 is 0 Å². The molecule has 1 saturated heterocycles. The summed E-state index contributed by atoms with van der Waals surface area (Å²) in [4.78, 5) is 0. The Morgan fingerprint density at radius 2 is 2.06 bits per heavy atom. The Balaban J connectivity index is 1.85. The molecule has 88 valence electrons. The molecule has 0 bridgehead atoms. The van der Waals surface area contributed by atoms with Gasteiger partial charge in [0.25, 0.3) is 0 Å². The third-order valence-corrected chi connectivity index (χ3v) is 3.00. The van der Waals surface area contributed by atoms with Gasteiger partial charge in [0.15, 0.2) is 0 Å². The molecule has 1 fully saturated rings. The zero-order chi connectivity index (χ0) is 11.4. The Labute approximate surface area is 96.5 Å². The highest BCUT2D eigenvalue weighted by Crippen LogP contribution is 2.16. The van der Waals surface area contributed by atoms with Crippen molar-refractivity contribution in [1.82, 2.24) is 0 Å². The number of nitrogens with two attached hydrogens (primary N) is 1. The lowest BCUT2D eigenvalue weighted by atomic mass is 10.0. The van der Waals surface area contributed by atoms with Crippen molar-refractivity contribution in [2.75, 3.05) is 19.8 Å². The second kappa shape index (κ2) is 5.43. The summed E-state index contributed by atoms with van der Waals surface area (Å²) in [7, 11) is 0. The van der Waals surface area contributed by atoms with Crippen LogP contribution in [0.1, 0.15) is 24.0 Å². The van der Waals surface area contributed by atoms with Crippen molar-refractivity contribution in [1.29, 1.82) is 0 Å². The first kappa shape index (κ1) is 11.6. The highest BCUT2D eigenvalue weighted by molar-refractivity contribution is 5.24. The Bertz CT molecular complexity index is 319. The topological polar surface area (TPSA) is 44.5 Å². The van der Waals surface area contributed by atoms with Crippen molar-refractivity contribution < 1.29 is 9.47 Å². The fourth-order valence-electron chi connectivity index (χ4n) is 1.60. The zero-order valence-electron chi connectivity index (χ0n) is 9.69. The quantitative estimate of drug-likeness (QED) is 0.822. The van der Waals surface area contributed by atoms with Gasteiger partial charge in [-0.25, -0.2) is 0 Å². The molecule has 1 atom stereocenters. The molecule has 1 aromatic rings. The molecule has 2 rings (SSSR count). The van der Waals surface area contributed by atoms with Crippen LogP contribution in [-0.4, -0.2) is 25.9 Å². The lowest BCUT2D eigenvalue weighted by molar-refractivity contribution is -0.135. The summed E-state index contributed by atoms with van der Waals surface area (Å²) in [5.74, 6) is 0.426. The fraction of sp³-hybridized carbons (Fsp3) is 0.538. The number of rotatable bonds is 5. The minimum Gasteiger partial charge on any atom is -0.376 e. The normalized spacial score (nSPS) is 18.1. The molecule has 1 aliphatic heterocycles. The zero-order valence-corrected chi connectivity index (χ0v) is 9.69. The van der Waals surface area contributed by atoms with E-state index in [0.29, 0.717) is 25.2 Å². The van der Waals surface area contributed by atoms with Gasteiger partial charge < -0.3 is 15.2 Å². The Kier molecular flexibility index (Phi) is 3.93. The van der Waals surface area contributed by atoms with Gasteiger partial charge in [0.1, 0.15) is 6.10 Å². The Morgan fingerprint density at radius 1 is 1.38 bits per heavy atom. The van der Waals surface area contributed by atoms with E-state index in [9.17, 15) is 0 Å². The maximum absolute atomic E-state index is 5.64. The third-order valence-electron chi connectivity index (χ3n) is 3.00. The average Bonchev–Trinajstić information content (AvgIpc) is 2.27. The standard InChI is InChI=1S/C13H19NO2/c1-10(6-14)12-4-2-11(3-5-12)7-16-13-8-15-9-13/h2-5,10,13H,6-9,14H2,1H3. The van der Waals surface area contributed by atoms with Crippen LogP contribution in [0.4, 0.5) is 0 Å². The van der Waals surface area contributed by atoms with Gasteiger partial charge in [0.05, 0.1) is 19.8 Å². The van der Waals surface area contributed by atoms with E-state index in [4.69, 9.17) is 15.2 Å². The van der Waals surface area contributed by atoms with Gasteiger partial charge in [0.2, 0.25) is 0 Å². The summed E-state index contributed by atoms with van der Waals surface area (Å²) in [5, 5.41) is 0. The second-order valence-electron chi connectivity index (χ2n) is 4.35. The van der Waals surface area contributed by atoms with Gasteiger partial charge in [-0.3, -0.25) is 0 Å². The molecule has 0 amide bonds. The first-order valence-electron chi connectivity index (χ1n) is 5.78. The molecule has 0 aromatic heterocycles. The number of hydrogen-bond acceptors (Lipinski definition) is 3. The molecule has 1 aliphatic rings. The van der Waals surface area contributed by atoms with E-state index in [1.807, 2.05) is 0 Å². The van der Waals surface area contributed by atoms with E-state index in [1.165, 1.54) is 11.1 Å². The molecule has 16 heavy (non-hydrogen) atoms. The highest BCUT2D eigenvalue weighted by Gasteiger charge is 2.18. The maximum Gasteiger partial charge on any atom is 0.105 e. The molecule has 1 aromatic carbocycles. The van der Waals surface area contributed by atoms with Crippen molar-refractivity contribution in [3.8, 4) is 0 Å². The SMILES string of the molecule is CC(CN)c1ccc(COC2COC2)cc1. The lowest BCUT2D eigenvalue weighted by Gasteiger charge is -2.26. The lowest BCUT2D eigenvalue weighted by Crippen LogP contribution is -2.35. The van der Waals surface area contributed by atoms with E-state index in [1.54, 1.807) is 0 Å². The molecule has 3 heteroatoms. The van der Waals surface area contributed by atoms with Crippen LogP contribution in [0, 0.1) is 0 Å². The molecule has 1 heterocycles. The summed E-state index contributed by atoms with van der Waals surface area (Å²) in [6.07, 6.45) is 0.294. The monoisotopic (exact) mass is 221 g/mol. The summed E-state index contributed by atoms with van der Waals surface area (Å²) in [5.41, 5.74) is 8.13. The first-order valence-corrected chi connectivity index (χ1v) is 5.78. The molecule has 0 saturated carbocycles. The molecule has 0 aliphatic carbocycles. The molecular formula is C13H19NO2. The molecule has 0 radical (unpaired) electrons. The van der Waals surface area contributed by atoms with Crippen molar-refractivity contribution in [3.63, 3.8) is 0 Å². The smallest absolute Gasteiger partial charge is 0.105 e. The van der Waals surface area contributed by atoms with E-state index in [2.05, 4.69) is 31.2 Å². The van der Waals surface area contributed by atoms with Crippen molar-refractivity contribution >= 4 is 0 Å². The van der Waals surface area contributed by atoms with Crippen LogP contribution in [0.2, 0.25) is 0 Å². The summed E-state index contributed by atoms with van der Waals surface area (Å²) >= 11 is 0. The highest BCUT2D eigenvalue weighted by atomic mass is 16.6. The van der Waals surface area contributed by atoms with Gasteiger partial charge in [0, 0.05) is 0 Å². The van der Waals surface area contributed by atoms with E-state index < -0.39 is 0 Å². The first-order chi connectivity index (χ1) is 7.79. The van der Waals surface area contributed by atoms with Crippen LogP contribution in [0.25, 0.3) is 0 Å².